The van der Waals surface area contributed by atoms with Gasteiger partial charge in [0.2, 0.25) is 0 Å². The van der Waals surface area contributed by atoms with E-state index in [0.29, 0.717) is 12.2 Å². The molecule has 1 amide bonds. The summed E-state index contributed by atoms with van der Waals surface area (Å²) in [6.07, 6.45) is 8.73. The molecule has 1 aromatic carbocycles. The van der Waals surface area contributed by atoms with E-state index in [0.717, 1.165) is 41.9 Å². The number of rotatable bonds is 7. The van der Waals surface area contributed by atoms with Gasteiger partial charge in [-0.25, -0.2) is 5.01 Å². The van der Waals surface area contributed by atoms with Crippen LogP contribution in [0.3, 0.4) is 0 Å². The summed E-state index contributed by atoms with van der Waals surface area (Å²) in [5.74, 6) is 0.666. The minimum absolute atomic E-state index is 0.0128. The lowest BCUT2D eigenvalue weighted by atomic mass is 9.79. The zero-order valence-electron chi connectivity index (χ0n) is 18.8. The molecule has 7 heteroatoms. The van der Waals surface area contributed by atoms with Gasteiger partial charge in [0, 0.05) is 12.3 Å². The van der Waals surface area contributed by atoms with Gasteiger partial charge in [-0.2, -0.15) is 5.10 Å². The summed E-state index contributed by atoms with van der Waals surface area (Å²) in [6.45, 7) is -0.356. The third-order valence-electron chi connectivity index (χ3n) is 6.27. The Balaban J connectivity index is 1.30. The number of nitrogens with zero attached hydrogens (tertiary/aromatic N) is 2. The largest absolute Gasteiger partial charge is 0.467 e. The van der Waals surface area contributed by atoms with Gasteiger partial charge in [-0.05, 0) is 67.2 Å². The molecule has 0 saturated heterocycles. The third kappa shape index (κ3) is 4.73. The second-order valence-corrected chi connectivity index (χ2v) is 8.51. The Labute approximate surface area is 197 Å². The quantitative estimate of drug-likeness (QED) is 0.456. The SMILES string of the molecule is O=C(CCc1ccccc1)OCC(=O)N1N=C2C(=Cc3ccco3)CCCC2C1c1ccco1. The summed E-state index contributed by atoms with van der Waals surface area (Å²) in [7, 11) is 0. The Kier molecular flexibility index (Phi) is 6.42. The predicted molar refractivity (Wildman–Crippen MR) is 125 cm³/mol. The number of esters is 1. The van der Waals surface area contributed by atoms with Gasteiger partial charge in [-0.3, -0.25) is 9.59 Å². The smallest absolute Gasteiger partial charge is 0.306 e. The van der Waals surface area contributed by atoms with Crippen LogP contribution in [0.5, 0.6) is 0 Å². The van der Waals surface area contributed by atoms with Gasteiger partial charge >= 0.3 is 5.97 Å². The zero-order chi connectivity index (χ0) is 23.3. The second kappa shape index (κ2) is 9.95. The Morgan fingerprint density at radius 3 is 2.65 bits per heavy atom. The van der Waals surface area contributed by atoms with E-state index in [-0.39, 0.29) is 30.9 Å². The third-order valence-corrected chi connectivity index (χ3v) is 6.27. The monoisotopic (exact) mass is 458 g/mol. The Bertz CT molecular complexity index is 1180. The Morgan fingerprint density at radius 2 is 1.88 bits per heavy atom. The lowest BCUT2D eigenvalue weighted by molar-refractivity contribution is -0.153. The van der Waals surface area contributed by atoms with Gasteiger partial charge in [0.15, 0.2) is 6.61 Å². The van der Waals surface area contributed by atoms with Crippen molar-refractivity contribution in [3.05, 3.63) is 89.8 Å². The Morgan fingerprint density at radius 1 is 1.06 bits per heavy atom. The van der Waals surface area contributed by atoms with Gasteiger partial charge in [0.1, 0.15) is 17.6 Å². The van der Waals surface area contributed by atoms with E-state index >= 15 is 0 Å². The molecule has 174 valence electrons. The summed E-state index contributed by atoms with van der Waals surface area (Å²) < 4.78 is 16.5. The van der Waals surface area contributed by atoms with E-state index in [1.54, 1.807) is 12.5 Å². The number of furan rings is 2. The second-order valence-electron chi connectivity index (χ2n) is 8.51. The number of allylic oxidation sites excluding steroid dienone is 1. The van der Waals surface area contributed by atoms with Crippen LogP contribution in [0.25, 0.3) is 6.08 Å². The first-order valence-corrected chi connectivity index (χ1v) is 11.6. The normalized spacial score (nSPS) is 20.8. The summed E-state index contributed by atoms with van der Waals surface area (Å²) in [4.78, 5) is 25.4. The van der Waals surface area contributed by atoms with Crippen molar-refractivity contribution in [2.24, 2.45) is 11.0 Å². The number of carbonyl (C=O) groups is 2. The first kappa shape index (κ1) is 21.9. The number of hydrogen-bond donors (Lipinski definition) is 0. The average Bonchev–Trinajstić information content (AvgIpc) is 3.63. The van der Waals surface area contributed by atoms with Crippen LogP contribution in [0, 0.1) is 5.92 Å². The molecule has 3 aromatic rings. The molecule has 0 N–H and O–H groups in total. The number of fused-ring (bicyclic) bond motifs is 1. The van der Waals surface area contributed by atoms with E-state index in [1.807, 2.05) is 60.7 Å². The number of benzene rings is 1. The van der Waals surface area contributed by atoms with E-state index < -0.39 is 5.97 Å². The van der Waals surface area contributed by atoms with E-state index in [1.165, 1.54) is 5.01 Å². The fourth-order valence-corrected chi connectivity index (χ4v) is 4.66. The number of ether oxygens (including phenoxy) is 1. The molecule has 0 bridgehead atoms. The molecule has 0 radical (unpaired) electrons. The van der Waals surface area contributed by atoms with Crippen LogP contribution in [0.2, 0.25) is 0 Å². The molecule has 1 fully saturated rings. The first-order chi connectivity index (χ1) is 16.7. The van der Waals surface area contributed by atoms with Crippen molar-refractivity contribution in [2.75, 3.05) is 6.61 Å². The van der Waals surface area contributed by atoms with Crippen LogP contribution in [-0.2, 0) is 20.7 Å². The molecular weight excluding hydrogens is 432 g/mol. The zero-order valence-corrected chi connectivity index (χ0v) is 18.8. The van der Waals surface area contributed by atoms with Crippen LogP contribution >= 0.6 is 0 Å². The van der Waals surface area contributed by atoms with Crippen LogP contribution in [0.4, 0.5) is 0 Å². The molecular formula is C27H26N2O5. The molecule has 1 aliphatic carbocycles. The van der Waals surface area contributed by atoms with Gasteiger partial charge in [0.25, 0.3) is 5.91 Å². The molecule has 2 atom stereocenters. The summed E-state index contributed by atoms with van der Waals surface area (Å²) in [5, 5.41) is 6.16. The molecule has 2 unspecified atom stereocenters. The van der Waals surface area contributed by atoms with Gasteiger partial charge in [-0.1, -0.05) is 30.3 Å². The highest BCUT2D eigenvalue weighted by Gasteiger charge is 2.45. The standard InChI is InChI=1S/C27H26N2O5/c30-24(18-34-25(31)14-13-19-7-2-1-3-8-19)29-27(23-12-6-16-33-23)22-11-4-9-20(26(22)28-29)17-21-10-5-15-32-21/h1-3,5-8,10,12,15-17,22,27H,4,9,11,13-14,18H2. The molecule has 1 saturated carbocycles. The molecule has 1 aliphatic heterocycles. The van der Waals surface area contributed by atoms with Crippen LogP contribution in [-0.4, -0.2) is 29.2 Å². The maximum absolute atomic E-state index is 13.2. The fraction of sp³-hybridized carbons (Fsp3) is 0.296. The number of aryl methyl sites for hydroxylation is 1. The summed E-state index contributed by atoms with van der Waals surface area (Å²) in [5.41, 5.74) is 2.97. The molecule has 2 aromatic heterocycles. The van der Waals surface area contributed by atoms with Crippen LogP contribution in [0.1, 0.15) is 48.8 Å². The lowest BCUT2D eigenvalue weighted by Gasteiger charge is -2.27. The minimum Gasteiger partial charge on any atom is -0.467 e. The fourth-order valence-electron chi connectivity index (χ4n) is 4.66. The number of amides is 1. The van der Waals surface area contributed by atoms with Crippen molar-refractivity contribution in [3.8, 4) is 0 Å². The number of hydrazone groups is 1. The summed E-state index contributed by atoms with van der Waals surface area (Å²) >= 11 is 0. The van der Waals surface area contributed by atoms with Gasteiger partial charge in [0.05, 0.1) is 18.2 Å². The molecule has 34 heavy (non-hydrogen) atoms. The average molecular weight is 459 g/mol. The van der Waals surface area contributed by atoms with Crippen molar-refractivity contribution in [1.29, 1.82) is 0 Å². The molecule has 7 nitrogen and oxygen atoms in total. The number of carbonyl (C=O) groups excluding carboxylic acids is 2. The first-order valence-electron chi connectivity index (χ1n) is 11.6. The summed E-state index contributed by atoms with van der Waals surface area (Å²) in [6, 6.07) is 16.8. The molecule has 3 heterocycles. The molecule has 2 aliphatic rings. The van der Waals surface area contributed by atoms with Crippen molar-refractivity contribution in [1.82, 2.24) is 5.01 Å². The Hall–Kier alpha value is -3.87. The van der Waals surface area contributed by atoms with Crippen molar-refractivity contribution in [3.63, 3.8) is 0 Å². The van der Waals surface area contributed by atoms with Crippen LogP contribution < -0.4 is 0 Å². The number of hydrogen-bond acceptors (Lipinski definition) is 6. The lowest BCUT2D eigenvalue weighted by Crippen LogP contribution is -2.34. The van der Waals surface area contributed by atoms with Crippen molar-refractivity contribution < 1.29 is 23.2 Å². The van der Waals surface area contributed by atoms with Crippen molar-refractivity contribution in [2.45, 2.75) is 38.1 Å². The highest BCUT2D eigenvalue weighted by atomic mass is 16.5. The maximum atomic E-state index is 13.2. The van der Waals surface area contributed by atoms with Gasteiger partial charge < -0.3 is 13.6 Å². The predicted octanol–water partition coefficient (Wildman–Crippen LogP) is 5.17. The molecule has 5 rings (SSSR count). The van der Waals surface area contributed by atoms with Crippen molar-refractivity contribution >= 4 is 23.7 Å². The highest BCUT2D eigenvalue weighted by Crippen LogP contribution is 2.44. The minimum atomic E-state index is -0.408. The van der Waals surface area contributed by atoms with Crippen LogP contribution in [0.15, 0.2) is 86.6 Å². The maximum Gasteiger partial charge on any atom is 0.306 e. The van der Waals surface area contributed by atoms with Gasteiger partial charge in [-0.15, -0.1) is 0 Å². The topological polar surface area (TPSA) is 85.3 Å². The van der Waals surface area contributed by atoms with E-state index in [9.17, 15) is 9.59 Å². The molecule has 0 spiro atoms. The van der Waals surface area contributed by atoms with E-state index in [2.05, 4.69) is 0 Å². The highest BCUT2D eigenvalue weighted by molar-refractivity contribution is 6.08. The van der Waals surface area contributed by atoms with E-state index in [4.69, 9.17) is 18.7 Å².